The second kappa shape index (κ2) is 9.07. The number of aryl methyl sites for hydroxylation is 1. The smallest absolute Gasteiger partial charge is 0.337 e. The Hall–Kier alpha value is -2.18. The van der Waals surface area contributed by atoms with E-state index < -0.39 is 17.2 Å². The van der Waals surface area contributed by atoms with Crippen LogP contribution in [-0.4, -0.2) is 27.6 Å². The number of aromatic nitrogens is 2. The van der Waals surface area contributed by atoms with Crippen molar-refractivity contribution in [2.45, 2.75) is 53.0 Å². The molecule has 0 aliphatic heterocycles. The largest absolute Gasteiger partial charge is 0.465 e. The standard InChI is InChI=1S/C16H24N2O5/c1-4-17-10-9-14(20)18(16(17)22)13(19)8-6-5-7-11-23-15(21)12(2)3/h9-10,12H,4-8,11H2,1-3H3. The molecule has 0 fully saturated rings. The maximum absolute atomic E-state index is 12.0. The first-order valence-corrected chi connectivity index (χ1v) is 7.90. The van der Waals surface area contributed by atoms with Crippen molar-refractivity contribution in [3.63, 3.8) is 0 Å². The van der Waals surface area contributed by atoms with Gasteiger partial charge < -0.3 is 9.30 Å². The van der Waals surface area contributed by atoms with Crippen LogP contribution in [0.5, 0.6) is 0 Å². The maximum atomic E-state index is 12.0. The molecular weight excluding hydrogens is 300 g/mol. The highest BCUT2D eigenvalue weighted by Crippen LogP contribution is 2.03. The molecule has 0 unspecified atom stereocenters. The summed E-state index contributed by atoms with van der Waals surface area (Å²) in [6, 6.07) is 1.22. The zero-order valence-electron chi connectivity index (χ0n) is 13.9. The van der Waals surface area contributed by atoms with E-state index in [0.29, 0.717) is 37.0 Å². The lowest BCUT2D eigenvalue weighted by molar-refractivity contribution is -0.147. The van der Waals surface area contributed by atoms with Gasteiger partial charge in [0.25, 0.3) is 5.56 Å². The molecule has 0 bridgehead atoms. The molecule has 0 aromatic carbocycles. The monoisotopic (exact) mass is 324 g/mol. The van der Waals surface area contributed by atoms with Gasteiger partial charge in [-0.25, -0.2) is 4.79 Å². The van der Waals surface area contributed by atoms with E-state index in [1.165, 1.54) is 16.8 Å². The van der Waals surface area contributed by atoms with Gasteiger partial charge in [0.1, 0.15) is 0 Å². The van der Waals surface area contributed by atoms with Crippen LogP contribution in [0.2, 0.25) is 0 Å². The molecule has 0 spiro atoms. The van der Waals surface area contributed by atoms with Gasteiger partial charge in [-0.3, -0.25) is 14.4 Å². The minimum absolute atomic E-state index is 0.112. The van der Waals surface area contributed by atoms with Crippen LogP contribution in [0.15, 0.2) is 21.9 Å². The van der Waals surface area contributed by atoms with E-state index in [1.807, 2.05) is 0 Å². The Bertz CT molecular complexity index is 657. The summed E-state index contributed by atoms with van der Waals surface area (Å²) in [4.78, 5) is 47.0. The number of esters is 1. The lowest BCUT2D eigenvalue weighted by Crippen LogP contribution is -2.42. The van der Waals surface area contributed by atoms with E-state index in [4.69, 9.17) is 4.74 Å². The van der Waals surface area contributed by atoms with Crippen molar-refractivity contribution in [3.8, 4) is 0 Å². The van der Waals surface area contributed by atoms with Crippen LogP contribution in [0.4, 0.5) is 0 Å². The van der Waals surface area contributed by atoms with Gasteiger partial charge in [0, 0.05) is 25.2 Å². The average Bonchev–Trinajstić information content (AvgIpc) is 2.50. The summed E-state index contributed by atoms with van der Waals surface area (Å²) >= 11 is 0. The first kappa shape index (κ1) is 18.9. The normalized spacial score (nSPS) is 10.8. The van der Waals surface area contributed by atoms with Crippen molar-refractivity contribution < 1.29 is 14.3 Å². The topological polar surface area (TPSA) is 87.4 Å². The predicted molar refractivity (Wildman–Crippen MR) is 85.5 cm³/mol. The summed E-state index contributed by atoms with van der Waals surface area (Å²) in [6.45, 7) is 6.01. The van der Waals surface area contributed by atoms with E-state index in [-0.39, 0.29) is 18.3 Å². The first-order chi connectivity index (χ1) is 10.9. The molecular formula is C16H24N2O5. The molecule has 23 heavy (non-hydrogen) atoms. The van der Waals surface area contributed by atoms with Crippen LogP contribution in [0, 0.1) is 5.92 Å². The SMILES string of the molecule is CCn1ccc(=O)n(C(=O)CCCCCOC(=O)C(C)C)c1=O. The quantitative estimate of drug-likeness (QED) is 0.533. The molecule has 0 aliphatic rings. The first-order valence-electron chi connectivity index (χ1n) is 7.90. The van der Waals surface area contributed by atoms with Crippen molar-refractivity contribution >= 4 is 11.9 Å². The number of unbranched alkanes of at least 4 members (excludes halogenated alkanes) is 2. The van der Waals surface area contributed by atoms with Gasteiger partial charge in [-0.2, -0.15) is 4.57 Å². The van der Waals surface area contributed by atoms with Crippen molar-refractivity contribution in [1.82, 2.24) is 9.13 Å². The molecule has 1 aromatic rings. The summed E-state index contributed by atoms with van der Waals surface area (Å²) in [5.41, 5.74) is -1.20. The summed E-state index contributed by atoms with van der Waals surface area (Å²) < 4.78 is 7.02. The van der Waals surface area contributed by atoms with Crippen molar-refractivity contribution in [1.29, 1.82) is 0 Å². The zero-order chi connectivity index (χ0) is 17.4. The lowest BCUT2D eigenvalue weighted by atomic mass is 10.2. The van der Waals surface area contributed by atoms with E-state index in [0.717, 1.165) is 0 Å². The van der Waals surface area contributed by atoms with Crippen molar-refractivity contribution in [2.24, 2.45) is 5.92 Å². The van der Waals surface area contributed by atoms with Crippen LogP contribution in [-0.2, 0) is 16.1 Å². The van der Waals surface area contributed by atoms with Gasteiger partial charge in [-0.05, 0) is 26.2 Å². The number of nitrogens with zero attached hydrogens (tertiary/aromatic N) is 2. The predicted octanol–water partition coefficient (Wildman–Crippen LogP) is 1.43. The van der Waals surface area contributed by atoms with Crippen LogP contribution in [0.25, 0.3) is 0 Å². The summed E-state index contributed by atoms with van der Waals surface area (Å²) in [7, 11) is 0. The molecule has 0 atom stereocenters. The number of hydrogen-bond donors (Lipinski definition) is 0. The van der Waals surface area contributed by atoms with E-state index in [9.17, 15) is 19.2 Å². The number of carbonyl (C=O) groups is 2. The maximum Gasteiger partial charge on any atom is 0.337 e. The lowest BCUT2D eigenvalue weighted by Gasteiger charge is -2.08. The Morgan fingerprint density at radius 3 is 2.48 bits per heavy atom. The summed E-state index contributed by atoms with van der Waals surface area (Å²) in [5, 5.41) is 0. The van der Waals surface area contributed by atoms with Gasteiger partial charge in [-0.1, -0.05) is 13.8 Å². The highest BCUT2D eigenvalue weighted by Gasteiger charge is 2.12. The molecule has 1 aromatic heterocycles. The van der Waals surface area contributed by atoms with Gasteiger partial charge in [-0.15, -0.1) is 0 Å². The Morgan fingerprint density at radius 2 is 1.87 bits per heavy atom. The molecule has 1 heterocycles. The van der Waals surface area contributed by atoms with E-state index in [1.54, 1.807) is 20.8 Å². The third-order valence-electron chi connectivity index (χ3n) is 3.40. The third kappa shape index (κ3) is 5.50. The summed E-state index contributed by atoms with van der Waals surface area (Å²) in [5.74, 6) is -0.888. The third-order valence-corrected chi connectivity index (χ3v) is 3.40. The van der Waals surface area contributed by atoms with Gasteiger partial charge in [0.05, 0.1) is 12.5 Å². The Morgan fingerprint density at radius 1 is 1.17 bits per heavy atom. The fraction of sp³-hybridized carbons (Fsp3) is 0.625. The van der Waals surface area contributed by atoms with Crippen molar-refractivity contribution in [2.75, 3.05) is 6.61 Å². The minimum atomic E-state index is -0.601. The molecule has 128 valence electrons. The fourth-order valence-corrected chi connectivity index (χ4v) is 1.99. The Balaban J connectivity index is 2.45. The molecule has 7 heteroatoms. The Kier molecular flexibility index (Phi) is 7.44. The molecule has 7 nitrogen and oxygen atoms in total. The average molecular weight is 324 g/mol. The van der Waals surface area contributed by atoms with Gasteiger partial charge in [0.2, 0.25) is 5.91 Å². The number of rotatable bonds is 8. The molecule has 0 amide bonds. The molecule has 0 saturated carbocycles. The fourth-order valence-electron chi connectivity index (χ4n) is 1.99. The van der Waals surface area contributed by atoms with E-state index in [2.05, 4.69) is 0 Å². The second-order valence-electron chi connectivity index (χ2n) is 5.58. The van der Waals surface area contributed by atoms with E-state index >= 15 is 0 Å². The highest BCUT2D eigenvalue weighted by atomic mass is 16.5. The van der Waals surface area contributed by atoms with Gasteiger partial charge >= 0.3 is 11.7 Å². The van der Waals surface area contributed by atoms with Crippen LogP contribution < -0.4 is 11.2 Å². The number of ether oxygens (including phenoxy) is 1. The van der Waals surface area contributed by atoms with Crippen LogP contribution in [0.3, 0.4) is 0 Å². The van der Waals surface area contributed by atoms with Crippen LogP contribution >= 0.6 is 0 Å². The minimum Gasteiger partial charge on any atom is -0.465 e. The molecule has 0 aliphatic carbocycles. The summed E-state index contributed by atoms with van der Waals surface area (Å²) in [6.07, 6.45) is 3.36. The van der Waals surface area contributed by atoms with Crippen molar-refractivity contribution in [3.05, 3.63) is 33.1 Å². The zero-order valence-corrected chi connectivity index (χ0v) is 13.9. The highest BCUT2D eigenvalue weighted by molar-refractivity contribution is 5.78. The van der Waals surface area contributed by atoms with Crippen LogP contribution in [0.1, 0.15) is 51.2 Å². The molecule has 0 N–H and O–H groups in total. The Labute approximate surface area is 134 Å². The molecule has 1 rings (SSSR count). The molecule has 0 radical (unpaired) electrons. The number of hydrogen-bond acceptors (Lipinski definition) is 5. The number of carbonyl (C=O) groups excluding carboxylic acids is 2. The van der Waals surface area contributed by atoms with Gasteiger partial charge in [0.15, 0.2) is 0 Å². The second-order valence-corrected chi connectivity index (χ2v) is 5.58. The molecule has 0 saturated heterocycles.